The van der Waals surface area contributed by atoms with Gasteiger partial charge in [-0.25, -0.2) is 4.98 Å². The molecule has 150 valence electrons. The van der Waals surface area contributed by atoms with Crippen LogP contribution >= 0.6 is 0 Å². The van der Waals surface area contributed by atoms with E-state index >= 15 is 0 Å². The summed E-state index contributed by atoms with van der Waals surface area (Å²) < 4.78 is 5.65. The van der Waals surface area contributed by atoms with Gasteiger partial charge in [0.15, 0.2) is 5.69 Å². The predicted octanol–water partition coefficient (Wildman–Crippen LogP) is 4.42. The zero-order valence-electron chi connectivity index (χ0n) is 17.0. The SMILES string of the molecule is Cc1ccc(CN(Cc2nc(C(=O)N(C)Cc3ccccc3)co2)C2CC2)cc1. The standard InChI is InChI=1S/C24H27N3O2/c1-18-8-10-20(11-9-18)15-27(21-12-13-21)16-23-25-22(17-29-23)24(28)26(2)14-19-6-4-3-5-7-19/h3-11,17,21H,12-16H2,1-2H3. The lowest BCUT2D eigenvalue weighted by Gasteiger charge is -2.20. The Bertz CT molecular complexity index is 946. The molecule has 0 saturated heterocycles. The minimum Gasteiger partial charge on any atom is -0.447 e. The van der Waals surface area contributed by atoms with Crippen molar-refractivity contribution in [3.05, 3.63) is 89.1 Å². The van der Waals surface area contributed by atoms with Crippen molar-refractivity contribution in [1.29, 1.82) is 0 Å². The molecule has 1 amide bonds. The van der Waals surface area contributed by atoms with E-state index in [9.17, 15) is 4.79 Å². The van der Waals surface area contributed by atoms with Crippen molar-refractivity contribution < 1.29 is 9.21 Å². The number of carbonyl (C=O) groups excluding carboxylic acids is 1. The number of aromatic nitrogens is 1. The van der Waals surface area contributed by atoms with Crippen molar-refractivity contribution in [3.63, 3.8) is 0 Å². The van der Waals surface area contributed by atoms with Gasteiger partial charge in [0.25, 0.3) is 5.91 Å². The van der Waals surface area contributed by atoms with E-state index in [-0.39, 0.29) is 5.91 Å². The van der Waals surface area contributed by atoms with E-state index in [0.29, 0.717) is 30.7 Å². The van der Waals surface area contributed by atoms with E-state index < -0.39 is 0 Å². The molecule has 1 aromatic heterocycles. The molecule has 4 rings (SSSR count). The molecule has 29 heavy (non-hydrogen) atoms. The molecule has 0 radical (unpaired) electrons. The second kappa shape index (κ2) is 8.62. The smallest absolute Gasteiger partial charge is 0.275 e. The van der Waals surface area contributed by atoms with Gasteiger partial charge in [0.2, 0.25) is 5.89 Å². The van der Waals surface area contributed by atoms with Crippen molar-refractivity contribution in [2.24, 2.45) is 0 Å². The molecule has 5 heteroatoms. The number of hydrogen-bond donors (Lipinski definition) is 0. The lowest BCUT2D eigenvalue weighted by atomic mass is 10.1. The first kappa shape index (κ1) is 19.4. The quantitative estimate of drug-likeness (QED) is 0.572. The Kier molecular flexibility index (Phi) is 5.76. The molecular formula is C24H27N3O2. The van der Waals surface area contributed by atoms with Crippen LogP contribution < -0.4 is 0 Å². The number of nitrogens with zero attached hydrogens (tertiary/aromatic N) is 3. The lowest BCUT2D eigenvalue weighted by Crippen LogP contribution is -2.27. The minimum atomic E-state index is -0.125. The molecule has 1 aliphatic rings. The number of rotatable bonds is 8. The van der Waals surface area contributed by atoms with E-state index in [1.54, 1.807) is 11.9 Å². The highest BCUT2D eigenvalue weighted by Gasteiger charge is 2.30. The number of oxazole rings is 1. The molecule has 2 aromatic carbocycles. The number of aryl methyl sites for hydroxylation is 1. The minimum absolute atomic E-state index is 0.125. The van der Waals surface area contributed by atoms with Crippen LogP contribution in [-0.2, 0) is 19.6 Å². The van der Waals surface area contributed by atoms with Gasteiger partial charge in [-0.2, -0.15) is 0 Å². The van der Waals surface area contributed by atoms with Crippen molar-refractivity contribution in [2.45, 2.75) is 45.4 Å². The van der Waals surface area contributed by atoms with Crippen LogP contribution in [0.4, 0.5) is 0 Å². The molecule has 1 saturated carbocycles. The monoisotopic (exact) mass is 389 g/mol. The molecule has 1 aliphatic carbocycles. The highest BCUT2D eigenvalue weighted by atomic mass is 16.3. The van der Waals surface area contributed by atoms with Gasteiger partial charge < -0.3 is 9.32 Å². The van der Waals surface area contributed by atoms with Crippen LogP contribution in [0.3, 0.4) is 0 Å². The van der Waals surface area contributed by atoms with Gasteiger partial charge in [-0.3, -0.25) is 9.69 Å². The molecular weight excluding hydrogens is 362 g/mol. The third kappa shape index (κ3) is 5.12. The molecule has 3 aromatic rings. The normalized spacial score (nSPS) is 13.6. The van der Waals surface area contributed by atoms with Crippen molar-refractivity contribution >= 4 is 5.91 Å². The number of hydrogen-bond acceptors (Lipinski definition) is 4. The Labute approximate surface area is 172 Å². The van der Waals surface area contributed by atoms with Crippen LogP contribution in [0.25, 0.3) is 0 Å². The summed E-state index contributed by atoms with van der Waals surface area (Å²) in [6.07, 6.45) is 3.90. The largest absolute Gasteiger partial charge is 0.447 e. The van der Waals surface area contributed by atoms with Crippen molar-refractivity contribution in [3.8, 4) is 0 Å². The fourth-order valence-electron chi connectivity index (χ4n) is 3.46. The fourth-order valence-corrected chi connectivity index (χ4v) is 3.46. The molecule has 5 nitrogen and oxygen atoms in total. The fraction of sp³-hybridized carbons (Fsp3) is 0.333. The van der Waals surface area contributed by atoms with Gasteiger partial charge >= 0.3 is 0 Å². The number of amides is 1. The van der Waals surface area contributed by atoms with E-state index in [1.165, 1.54) is 30.2 Å². The van der Waals surface area contributed by atoms with Crippen LogP contribution in [0.1, 0.15) is 45.9 Å². The highest BCUT2D eigenvalue weighted by molar-refractivity contribution is 5.91. The summed E-state index contributed by atoms with van der Waals surface area (Å²) in [6, 6.07) is 19.1. The summed E-state index contributed by atoms with van der Waals surface area (Å²) in [5, 5.41) is 0. The maximum Gasteiger partial charge on any atom is 0.275 e. The summed E-state index contributed by atoms with van der Waals surface area (Å²) in [7, 11) is 1.79. The summed E-state index contributed by atoms with van der Waals surface area (Å²) >= 11 is 0. The number of carbonyl (C=O) groups is 1. The summed E-state index contributed by atoms with van der Waals surface area (Å²) in [5.74, 6) is 0.473. The first-order valence-electron chi connectivity index (χ1n) is 10.1. The molecule has 0 atom stereocenters. The van der Waals surface area contributed by atoms with Crippen molar-refractivity contribution in [1.82, 2.24) is 14.8 Å². The second-order valence-corrected chi connectivity index (χ2v) is 7.90. The summed E-state index contributed by atoms with van der Waals surface area (Å²) in [5.41, 5.74) is 4.00. The van der Waals surface area contributed by atoms with E-state index in [1.807, 2.05) is 30.3 Å². The van der Waals surface area contributed by atoms with Crippen LogP contribution in [0, 0.1) is 6.92 Å². The van der Waals surface area contributed by atoms with Crippen LogP contribution in [-0.4, -0.2) is 33.8 Å². The Hall–Kier alpha value is -2.92. The van der Waals surface area contributed by atoms with E-state index in [4.69, 9.17) is 4.42 Å². The Morgan fingerprint density at radius 3 is 2.38 bits per heavy atom. The van der Waals surface area contributed by atoms with Crippen molar-refractivity contribution in [2.75, 3.05) is 7.05 Å². The van der Waals surface area contributed by atoms with Gasteiger partial charge in [-0.05, 0) is 30.9 Å². The predicted molar refractivity (Wildman–Crippen MR) is 112 cm³/mol. The average molecular weight is 389 g/mol. The molecule has 0 aliphatic heterocycles. The van der Waals surface area contributed by atoms with E-state index in [2.05, 4.69) is 41.1 Å². The van der Waals surface area contributed by atoms with Gasteiger partial charge in [0.05, 0.1) is 6.54 Å². The zero-order chi connectivity index (χ0) is 20.2. The molecule has 1 heterocycles. The third-order valence-electron chi connectivity index (χ3n) is 5.29. The van der Waals surface area contributed by atoms with Gasteiger partial charge in [-0.1, -0.05) is 60.2 Å². The third-order valence-corrected chi connectivity index (χ3v) is 5.29. The van der Waals surface area contributed by atoms with E-state index in [0.717, 1.165) is 12.1 Å². The Balaban J connectivity index is 1.39. The Morgan fingerprint density at radius 2 is 1.69 bits per heavy atom. The average Bonchev–Trinajstić information content (AvgIpc) is 3.48. The molecule has 0 unspecified atom stereocenters. The summed E-state index contributed by atoms with van der Waals surface area (Å²) in [4.78, 5) is 21.2. The number of benzene rings is 2. The maximum atomic E-state index is 12.7. The molecule has 1 fully saturated rings. The van der Waals surface area contributed by atoms with Gasteiger partial charge in [0, 0.05) is 26.2 Å². The van der Waals surface area contributed by atoms with Gasteiger partial charge in [-0.15, -0.1) is 0 Å². The topological polar surface area (TPSA) is 49.6 Å². The zero-order valence-corrected chi connectivity index (χ0v) is 17.0. The van der Waals surface area contributed by atoms with Gasteiger partial charge in [0.1, 0.15) is 6.26 Å². The molecule has 0 bridgehead atoms. The first-order valence-corrected chi connectivity index (χ1v) is 10.1. The second-order valence-electron chi connectivity index (χ2n) is 7.90. The highest BCUT2D eigenvalue weighted by Crippen LogP contribution is 2.29. The van der Waals surface area contributed by atoms with Crippen LogP contribution in [0.2, 0.25) is 0 Å². The molecule has 0 N–H and O–H groups in total. The lowest BCUT2D eigenvalue weighted by molar-refractivity contribution is 0.0779. The van der Waals surface area contributed by atoms with Crippen LogP contribution in [0.15, 0.2) is 65.3 Å². The first-order chi connectivity index (χ1) is 14.1. The summed E-state index contributed by atoms with van der Waals surface area (Å²) in [6.45, 7) is 4.13. The maximum absolute atomic E-state index is 12.7. The molecule has 0 spiro atoms. The Morgan fingerprint density at radius 1 is 1.00 bits per heavy atom. The van der Waals surface area contributed by atoms with Crippen LogP contribution in [0.5, 0.6) is 0 Å².